The van der Waals surface area contributed by atoms with Gasteiger partial charge in [0.25, 0.3) is 0 Å². The van der Waals surface area contributed by atoms with Gasteiger partial charge in [0.2, 0.25) is 5.95 Å². The molecule has 3 atom stereocenters. The molecule has 1 fully saturated rings. The number of amides is 1. The average molecular weight is 443 g/mol. The summed E-state index contributed by atoms with van der Waals surface area (Å²) in [6, 6.07) is 8.47. The third-order valence-corrected chi connectivity index (χ3v) is 5.32. The van der Waals surface area contributed by atoms with Crippen LogP contribution in [0.1, 0.15) is 31.3 Å². The molecule has 31 heavy (non-hydrogen) atoms. The monoisotopic (exact) mass is 442 g/mol. The Balaban J connectivity index is 1.54. The highest BCUT2D eigenvalue weighted by atomic mass is 35.5. The van der Waals surface area contributed by atoms with Gasteiger partial charge in [0.15, 0.2) is 0 Å². The van der Waals surface area contributed by atoms with Gasteiger partial charge in [-0.1, -0.05) is 11.6 Å². The van der Waals surface area contributed by atoms with Gasteiger partial charge >= 0.3 is 6.09 Å². The molecule has 0 spiro atoms. The number of nitrogens with one attached hydrogen (secondary N) is 1. The SMILES string of the molecule is Cc1cc(N2C(=O)OCC2[C@@H](C)O)nc(N[C@@H](C)c2cn(-c3ccc(Cl)cc3)cn2)n1. The van der Waals surface area contributed by atoms with E-state index in [2.05, 4.69) is 20.3 Å². The van der Waals surface area contributed by atoms with Crippen LogP contribution in [0.2, 0.25) is 5.02 Å². The van der Waals surface area contributed by atoms with Crippen LogP contribution >= 0.6 is 11.6 Å². The average Bonchev–Trinajstić information content (AvgIpc) is 3.35. The van der Waals surface area contributed by atoms with E-state index in [1.54, 1.807) is 19.3 Å². The van der Waals surface area contributed by atoms with Crippen molar-refractivity contribution in [2.24, 2.45) is 0 Å². The Morgan fingerprint density at radius 1 is 1.26 bits per heavy atom. The second kappa shape index (κ2) is 8.52. The van der Waals surface area contributed by atoms with Gasteiger partial charge in [-0.15, -0.1) is 0 Å². The molecular formula is C21H23ClN6O3. The standard InChI is InChI=1S/C21H23ClN6O3/c1-12-8-19(28-18(14(3)29)10-31-21(28)30)26-20(24-12)25-13(2)17-9-27(11-23-17)16-6-4-15(22)5-7-16/h4-9,11,13-14,18,29H,10H2,1-3H3,(H,24,25,26)/t13-,14+,18?/m0/s1. The van der Waals surface area contributed by atoms with Crippen LogP contribution in [0.5, 0.6) is 0 Å². The minimum atomic E-state index is -0.756. The number of hydrogen-bond donors (Lipinski definition) is 2. The topological polar surface area (TPSA) is 105 Å². The molecule has 0 aliphatic carbocycles. The Bertz CT molecular complexity index is 1080. The van der Waals surface area contributed by atoms with Gasteiger partial charge < -0.3 is 19.7 Å². The first kappa shape index (κ1) is 21.1. The van der Waals surface area contributed by atoms with Crippen molar-refractivity contribution >= 4 is 29.5 Å². The number of benzene rings is 1. The molecule has 3 aromatic rings. The first-order chi connectivity index (χ1) is 14.8. The van der Waals surface area contributed by atoms with E-state index >= 15 is 0 Å². The highest BCUT2D eigenvalue weighted by Gasteiger charge is 2.38. The van der Waals surface area contributed by atoms with Crippen LogP contribution in [-0.2, 0) is 4.74 Å². The molecule has 9 nitrogen and oxygen atoms in total. The number of aromatic nitrogens is 4. The summed E-state index contributed by atoms with van der Waals surface area (Å²) in [5, 5.41) is 13.9. The third kappa shape index (κ3) is 4.47. The summed E-state index contributed by atoms with van der Waals surface area (Å²) < 4.78 is 7.00. The number of halogens is 1. The number of carbonyl (C=O) groups excluding carboxylic acids is 1. The summed E-state index contributed by atoms with van der Waals surface area (Å²) >= 11 is 5.96. The summed E-state index contributed by atoms with van der Waals surface area (Å²) in [6.45, 7) is 5.49. The van der Waals surface area contributed by atoms with Gasteiger partial charge in [-0.2, -0.15) is 4.98 Å². The van der Waals surface area contributed by atoms with Crippen molar-refractivity contribution in [1.82, 2.24) is 19.5 Å². The number of imidazole rings is 1. The largest absolute Gasteiger partial charge is 0.447 e. The maximum absolute atomic E-state index is 12.2. The quantitative estimate of drug-likeness (QED) is 0.601. The molecular weight excluding hydrogens is 420 g/mol. The van der Waals surface area contributed by atoms with Crippen LogP contribution in [0.15, 0.2) is 42.9 Å². The summed E-state index contributed by atoms with van der Waals surface area (Å²) in [7, 11) is 0. The van der Waals surface area contributed by atoms with Crippen molar-refractivity contribution in [3.63, 3.8) is 0 Å². The molecule has 10 heteroatoms. The number of nitrogens with zero attached hydrogens (tertiary/aromatic N) is 5. The Morgan fingerprint density at radius 3 is 2.71 bits per heavy atom. The number of aryl methyl sites for hydroxylation is 1. The Morgan fingerprint density at radius 2 is 2.00 bits per heavy atom. The van der Waals surface area contributed by atoms with Gasteiger partial charge in [-0.25, -0.2) is 14.8 Å². The highest BCUT2D eigenvalue weighted by Crippen LogP contribution is 2.26. The molecule has 2 aromatic heterocycles. The van der Waals surface area contributed by atoms with Crippen LogP contribution in [-0.4, -0.2) is 49.5 Å². The van der Waals surface area contributed by atoms with E-state index in [4.69, 9.17) is 16.3 Å². The Labute approximate surface area is 184 Å². The van der Waals surface area contributed by atoms with Crippen molar-refractivity contribution in [2.75, 3.05) is 16.8 Å². The molecule has 1 amide bonds. The summed E-state index contributed by atoms with van der Waals surface area (Å²) in [4.78, 5) is 27.0. The molecule has 1 saturated heterocycles. The van der Waals surface area contributed by atoms with Gasteiger partial charge in [0.1, 0.15) is 18.5 Å². The lowest BCUT2D eigenvalue weighted by Crippen LogP contribution is -2.41. The molecule has 0 bridgehead atoms. The molecule has 3 heterocycles. The van der Waals surface area contributed by atoms with E-state index in [9.17, 15) is 9.90 Å². The predicted octanol–water partition coefficient (Wildman–Crippen LogP) is 3.50. The van der Waals surface area contributed by atoms with Crippen molar-refractivity contribution in [1.29, 1.82) is 0 Å². The maximum atomic E-state index is 12.2. The maximum Gasteiger partial charge on any atom is 0.416 e. The molecule has 1 aromatic carbocycles. The highest BCUT2D eigenvalue weighted by molar-refractivity contribution is 6.30. The van der Waals surface area contributed by atoms with Crippen molar-refractivity contribution in [3.05, 3.63) is 59.3 Å². The van der Waals surface area contributed by atoms with E-state index < -0.39 is 18.2 Å². The van der Waals surface area contributed by atoms with Crippen LogP contribution in [0, 0.1) is 6.92 Å². The zero-order valence-corrected chi connectivity index (χ0v) is 18.1. The molecule has 0 saturated carbocycles. The fraction of sp³-hybridized carbons (Fsp3) is 0.333. The predicted molar refractivity (Wildman–Crippen MR) is 117 cm³/mol. The van der Waals surface area contributed by atoms with Crippen LogP contribution in [0.4, 0.5) is 16.6 Å². The molecule has 0 radical (unpaired) electrons. The fourth-order valence-corrected chi connectivity index (χ4v) is 3.50. The molecule has 2 N–H and O–H groups in total. The van der Waals surface area contributed by atoms with E-state index in [1.165, 1.54) is 4.90 Å². The lowest BCUT2D eigenvalue weighted by molar-refractivity contribution is 0.142. The molecule has 4 rings (SSSR count). The van der Waals surface area contributed by atoms with Crippen molar-refractivity contribution in [3.8, 4) is 5.69 Å². The third-order valence-electron chi connectivity index (χ3n) is 5.07. The summed E-state index contributed by atoms with van der Waals surface area (Å²) in [6.07, 6.45) is 2.35. The number of anilines is 2. The second-order valence-electron chi connectivity index (χ2n) is 7.49. The van der Waals surface area contributed by atoms with Gasteiger partial charge in [-0.3, -0.25) is 4.90 Å². The van der Waals surface area contributed by atoms with Crippen LogP contribution < -0.4 is 10.2 Å². The lowest BCUT2D eigenvalue weighted by atomic mass is 10.2. The molecule has 162 valence electrons. The first-order valence-corrected chi connectivity index (χ1v) is 10.3. The normalized spacial score (nSPS) is 18.0. The van der Waals surface area contributed by atoms with E-state index in [0.29, 0.717) is 22.5 Å². The number of aliphatic hydroxyl groups is 1. The number of rotatable bonds is 6. The van der Waals surface area contributed by atoms with E-state index in [1.807, 2.05) is 48.9 Å². The Kier molecular flexibility index (Phi) is 5.79. The number of aliphatic hydroxyl groups excluding tert-OH is 1. The Hall–Kier alpha value is -3.17. The van der Waals surface area contributed by atoms with Crippen LogP contribution in [0.25, 0.3) is 5.69 Å². The van der Waals surface area contributed by atoms with E-state index in [-0.39, 0.29) is 12.6 Å². The zero-order chi connectivity index (χ0) is 22.1. The van der Waals surface area contributed by atoms with Crippen LogP contribution in [0.3, 0.4) is 0 Å². The van der Waals surface area contributed by atoms with Gasteiger partial charge in [0, 0.05) is 28.7 Å². The molecule has 1 aliphatic rings. The first-order valence-electron chi connectivity index (χ1n) is 9.88. The molecule has 1 aliphatic heterocycles. The molecule has 1 unspecified atom stereocenters. The number of ether oxygens (including phenoxy) is 1. The van der Waals surface area contributed by atoms with Crippen molar-refractivity contribution < 1.29 is 14.6 Å². The number of carbonyl (C=O) groups is 1. The van der Waals surface area contributed by atoms with Gasteiger partial charge in [-0.05, 0) is 45.0 Å². The minimum absolute atomic E-state index is 0.112. The van der Waals surface area contributed by atoms with Gasteiger partial charge in [0.05, 0.1) is 24.2 Å². The summed E-state index contributed by atoms with van der Waals surface area (Å²) in [5.74, 6) is 0.731. The smallest absolute Gasteiger partial charge is 0.416 e. The zero-order valence-electron chi connectivity index (χ0n) is 17.4. The minimum Gasteiger partial charge on any atom is -0.447 e. The lowest BCUT2D eigenvalue weighted by Gasteiger charge is -2.23. The summed E-state index contributed by atoms with van der Waals surface area (Å²) in [5.41, 5.74) is 2.42. The van der Waals surface area contributed by atoms with E-state index in [0.717, 1.165) is 11.4 Å². The second-order valence-corrected chi connectivity index (χ2v) is 7.93. The number of hydrogen-bond acceptors (Lipinski definition) is 7. The van der Waals surface area contributed by atoms with Crippen molar-refractivity contribution in [2.45, 2.75) is 39.0 Å². The number of cyclic esters (lactones) is 1. The fourth-order valence-electron chi connectivity index (χ4n) is 3.38.